The first kappa shape index (κ1) is 5.87. The fourth-order valence-electron chi connectivity index (χ4n) is 0.431. The average Bonchev–Trinajstić information content (AvgIpc) is 1.64. The van der Waals surface area contributed by atoms with E-state index in [0.29, 0.717) is 5.88 Å². The predicted molar refractivity (Wildman–Crippen MR) is 29.1 cm³/mol. The zero-order chi connectivity index (χ0) is 5.98. The molecule has 0 radical (unpaired) electrons. The van der Waals surface area contributed by atoms with Crippen LogP contribution < -0.4 is 4.72 Å². The second-order valence-electron chi connectivity index (χ2n) is 1.46. The van der Waals surface area contributed by atoms with Gasteiger partial charge in [0.15, 0.2) is 0 Å². The first-order valence-electron chi connectivity index (χ1n) is 2.13. The van der Waals surface area contributed by atoms with Crippen LogP contribution >= 0.6 is 11.9 Å². The Bertz CT molecular complexity index is 107. The molecule has 1 fully saturated rings. The Hall–Kier alpha value is -0.260. The van der Waals surface area contributed by atoms with E-state index >= 15 is 0 Å². The van der Waals surface area contributed by atoms with Crippen LogP contribution in [0.3, 0.4) is 0 Å². The van der Waals surface area contributed by atoms with Crippen LogP contribution in [0, 0.1) is 0 Å². The van der Waals surface area contributed by atoms with Crippen molar-refractivity contribution in [1.29, 1.82) is 0 Å². The number of hydroxylamine groups is 2. The molecule has 1 aliphatic heterocycles. The van der Waals surface area contributed by atoms with Gasteiger partial charge in [-0.05, 0) is 11.9 Å². The lowest BCUT2D eigenvalue weighted by Gasteiger charge is -2.18. The van der Waals surface area contributed by atoms with Gasteiger partial charge in [-0.2, -0.15) is 5.06 Å². The van der Waals surface area contributed by atoms with Crippen molar-refractivity contribution >= 4 is 17.9 Å². The SMILES string of the molecule is O=C1CN(O)CSN1. The lowest BCUT2D eigenvalue weighted by atomic mass is 10.6. The predicted octanol–water partition coefficient (Wildman–Crippen LogP) is -0.587. The van der Waals surface area contributed by atoms with Crippen LogP contribution in [0.2, 0.25) is 0 Å². The number of rotatable bonds is 0. The standard InChI is InChI=1S/C3H6N2O2S/c6-3-1-5(7)2-8-4-3/h7H,1-2H2,(H,4,6). The van der Waals surface area contributed by atoms with Crippen molar-refractivity contribution in [2.45, 2.75) is 0 Å². The van der Waals surface area contributed by atoms with Crippen LogP contribution in [-0.4, -0.2) is 28.6 Å². The van der Waals surface area contributed by atoms with E-state index in [4.69, 9.17) is 5.21 Å². The zero-order valence-electron chi connectivity index (χ0n) is 4.13. The lowest BCUT2D eigenvalue weighted by Crippen LogP contribution is -2.38. The molecule has 0 aromatic heterocycles. The fraction of sp³-hybridized carbons (Fsp3) is 0.667. The molecule has 0 spiro atoms. The Balaban J connectivity index is 2.34. The van der Waals surface area contributed by atoms with Crippen molar-refractivity contribution in [1.82, 2.24) is 9.79 Å². The molecular formula is C3H6N2O2S. The van der Waals surface area contributed by atoms with Gasteiger partial charge in [-0.1, -0.05) is 0 Å². The third-order valence-corrected chi connectivity index (χ3v) is 1.52. The van der Waals surface area contributed by atoms with Crippen molar-refractivity contribution in [2.75, 3.05) is 12.4 Å². The molecule has 0 aliphatic carbocycles. The number of carbonyl (C=O) groups excluding carboxylic acids is 1. The maximum Gasteiger partial charge on any atom is 0.246 e. The Labute approximate surface area is 50.9 Å². The number of nitrogens with zero attached hydrogens (tertiary/aromatic N) is 1. The summed E-state index contributed by atoms with van der Waals surface area (Å²) in [5, 5.41) is 9.59. The summed E-state index contributed by atoms with van der Waals surface area (Å²) in [7, 11) is 0. The van der Waals surface area contributed by atoms with Crippen LogP contribution in [0.1, 0.15) is 0 Å². The zero-order valence-corrected chi connectivity index (χ0v) is 4.94. The maximum atomic E-state index is 10.3. The maximum absolute atomic E-state index is 10.3. The molecule has 0 aromatic carbocycles. The van der Waals surface area contributed by atoms with Crippen LogP contribution in [0.15, 0.2) is 0 Å². The third kappa shape index (κ3) is 1.36. The molecule has 0 atom stereocenters. The molecule has 1 aliphatic rings. The number of hydrogen-bond acceptors (Lipinski definition) is 4. The van der Waals surface area contributed by atoms with Gasteiger partial charge in [0.1, 0.15) is 6.54 Å². The van der Waals surface area contributed by atoms with Gasteiger partial charge in [0.2, 0.25) is 5.91 Å². The van der Waals surface area contributed by atoms with Gasteiger partial charge in [-0.3, -0.25) is 9.52 Å². The lowest BCUT2D eigenvalue weighted by molar-refractivity contribution is -0.134. The molecule has 1 heterocycles. The number of hydrogen-bond donors (Lipinski definition) is 2. The summed E-state index contributed by atoms with van der Waals surface area (Å²) < 4.78 is 2.49. The number of carbonyl (C=O) groups is 1. The van der Waals surface area contributed by atoms with Gasteiger partial charge in [0, 0.05) is 0 Å². The summed E-state index contributed by atoms with van der Waals surface area (Å²) in [6.45, 7) is 0.0903. The molecular weight excluding hydrogens is 128 g/mol. The van der Waals surface area contributed by atoms with Crippen LogP contribution in [0.25, 0.3) is 0 Å². The second kappa shape index (κ2) is 2.34. The summed E-state index contributed by atoms with van der Waals surface area (Å²) >= 11 is 1.19. The van der Waals surface area contributed by atoms with Gasteiger partial charge in [-0.25, -0.2) is 0 Å². The van der Waals surface area contributed by atoms with E-state index in [1.54, 1.807) is 0 Å². The molecule has 4 nitrogen and oxygen atoms in total. The van der Waals surface area contributed by atoms with E-state index in [2.05, 4.69) is 4.72 Å². The molecule has 2 N–H and O–H groups in total. The van der Waals surface area contributed by atoms with Gasteiger partial charge in [0.05, 0.1) is 5.88 Å². The molecule has 5 heteroatoms. The summed E-state index contributed by atoms with van der Waals surface area (Å²) in [5.41, 5.74) is 0. The minimum atomic E-state index is -0.149. The van der Waals surface area contributed by atoms with Crippen LogP contribution in [0.5, 0.6) is 0 Å². The monoisotopic (exact) mass is 134 g/mol. The highest BCUT2D eigenvalue weighted by molar-refractivity contribution is 7.97. The highest BCUT2D eigenvalue weighted by Crippen LogP contribution is 2.01. The van der Waals surface area contributed by atoms with E-state index in [9.17, 15) is 4.79 Å². The largest absolute Gasteiger partial charge is 0.313 e. The van der Waals surface area contributed by atoms with Crippen molar-refractivity contribution in [2.24, 2.45) is 0 Å². The van der Waals surface area contributed by atoms with E-state index in [1.807, 2.05) is 0 Å². The van der Waals surface area contributed by atoms with Crippen LogP contribution in [-0.2, 0) is 4.79 Å². The topological polar surface area (TPSA) is 52.6 Å². The van der Waals surface area contributed by atoms with Crippen molar-refractivity contribution in [3.63, 3.8) is 0 Å². The normalized spacial score (nSPS) is 22.9. The third-order valence-electron chi connectivity index (χ3n) is 0.726. The first-order valence-corrected chi connectivity index (χ1v) is 3.12. The number of amides is 1. The minimum Gasteiger partial charge on any atom is -0.313 e. The quantitative estimate of drug-likeness (QED) is 0.435. The van der Waals surface area contributed by atoms with Gasteiger partial charge in [-0.15, -0.1) is 0 Å². The van der Waals surface area contributed by atoms with Crippen molar-refractivity contribution < 1.29 is 10.0 Å². The highest BCUT2D eigenvalue weighted by atomic mass is 32.2. The summed E-state index contributed by atoms with van der Waals surface area (Å²) in [4.78, 5) is 10.3. The molecule has 1 rings (SSSR count). The van der Waals surface area contributed by atoms with Crippen molar-refractivity contribution in [3.8, 4) is 0 Å². The summed E-state index contributed by atoms with van der Waals surface area (Å²) in [6.07, 6.45) is 0. The molecule has 0 aromatic rings. The van der Waals surface area contributed by atoms with Crippen LogP contribution in [0.4, 0.5) is 0 Å². The minimum absolute atomic E-state index is 0.0903. The van der Waals surface area contributed by atoms with Crippen molar-refractivity contribution in [3.05, 3.63) is 0 Å². The number of nitrogens with one attached hydrogen (secondary N) is 1. The Morgan fingerprint density at radius 1 is 1.88 bits per heavy atom. The molecule has 0 bridgehead atoms. The fourth-order valence-corrected chi connectivity index (χ4v) is 0.961. The molecule has 0 saturated carbocycles. The van der Waals surface area contributed by atoms with Gasteiger partial charge < -0.3 is 5.21 Å². The van der Waals surface area contributed by atoms with E-state index < -0.39 is 0 Å². The van der Waals surface area contributed by atoms with Gasteiger partial charge in [0.25, 0.3) is 0 Å². The second-order valence-corrected chi connectivity index (χ2v) is 2.21. The summed E-state index contributed by atoms with van der Waals surface area (Å²) in [5.74, 6) is 0.301. The molecule has 8 heavy (non-hydrogen) atoms. The first-order chi connectivity index (χ1) is 3.79. The summed E-state index contributed by atoms with van der Waals surface area (Å²) in [6, 6.07) is 0. The highest BCUT2D eigenvalue weighted by Gasteiger charge is 2.13. The molecule has 1 saturated heterocycles. The Kier molecular flexibility index (Phi) is 1.72. The van der Waals surface area contributed by atoms with E-state index in [-0.39, 0.29) is 12.5 Å². The smallest absolute Gasteiger partial charge is 0.246 e. The van der Waals surface area contributed by atoms with E-state index in [1.165, 1.54) is 11.9 Å². The molecule has 1 amide bonds. The molecule has 0 unspecified atom stereocenters. The van der Waals surface area contributed by atoms with E-state index in [0.717, 1.165) is 5.06 Å². The Morgan fingerprint density at radius 3 is 3.00 bits per heavy atom. The van der Waals surface area contributed by atoms with Gasteiger partial charge >= 0.3 is 0 Å². The average molecular weight is 134 g/mol. The molecule has 46 valence electrons. The Morgan fingerprint density at radius 2 is 2.62 bits per heavy atom.